The molecule has 1 rings (SSSR count). The van der Waals surface area contributed by atoms with Gasteiger partial charge in [0.05, 0.1) is 11.9 Å². The van der Waals surface area contributed by atoms with Crippen LogP contribution in [0.3, 0.4) is 0 Å². The molecule has 0 radical (unpaired) electrons. The summed E-state index contributed by atoms with van der Waals surface area (Å²) >= 11 is 0. The molecule has 2 amide bonds. The van der Waals surface area contributed by atoms with Crippen molar-refractivity contribution in [3.63, 3.8) is 0 Å². The molecule has 1 aromatic heterocycles. The lowest BCUT2D eigenvalue weighted by molar-refractivity contribution is 0.230. The van der Waals surface area contributed by atoms with Gasteiger partial charge in [0.25, 0.3) is 0 Å². The number of hydrogen-bond donors (Lipinski definition) is 1. The second kappa shape index (κ2) is 6.08. The van der Waals surface area contributed by atoms with E-state index in [1.165, 1.54) is 4.90 Å². The molecule has 0 aliphatic rings. The summed E-state index contributed by atoms with van der Waals surface area (Å²) in [7, 11) is 3.40. The molecule has 0 unspecified atom stereocenters. The van der Waals surface area contributed by atoms with E-state index in [4.69, 9.17) is 0 Å². The van der Waals surface area contributed by atoms with Crippen LogP contribution in [0.2, 0.25) is 0 Å². The molecule has 94 valence electrons. The fraction of sp³-hybridized carbons (Fsp3) is 0.500. The van der Waals surface area contributed by atoms with Crippen molar-refractivity contribution < 1.29 is 4.79 Å². The van der Waals surface area contributed by atoms with Gasteiger partial charge in [-0.1, -0.05) is 0 Å². The number of aromatic nitrogens is 1. The summed E-state index contributed by atoms with van der Waals surface area (Å²) in [6.45, 7) is 6.03. The molecule has 0 bridgehead atoms. The third kappa shape index (κ3) is 3.62. The molecule has 1 aromatic rings. The van der Waals surface area contributed by atoms with Gasteiger partial charge in [-0.2, -0.15) is 0 Å². The quantitative estimate of drug-likeness (QED) is 0.870. The van der Waals surface area contributed by atoms with Crippen LogP contribution < -0.4 is 10.2 Å². The molecule has 0 saturated carbocycles. The number of amides is 2. The number of anilines is 2. The number of carbonyl (C=O) groups is 1. The standard InChI is InChI=1S/C12H20N4O/c1-5-16(6-2)11-8-7-10(9-13-11)14-12(17)15(3)4/h7-9H,5-6H2,1-4H3,(H,14,17). The van der Waals surface area contributed by atoms with Gasteiger partial charge in [0.2, 0.25) is 0 Å². The SMILES string of the molecule is CCN(CC)c1ccc(NC(=O)N(C)C)cn1. The molecular formula is C12H20N4O. The summed E-state index contributed by atoms with van der Waals surface area (Å²) in [5.41, 5.74) is 0.708. The number of hydrogen-bond acceptors (Lipinski definition) is 3. The molecule has 0 aliphatic heterocycles. The van der Waals surface area contributed by atoms with E-state index in [9.17, 15) is 4.79 Å². The smallest absolute Gasteiger partial charge is 0.321 e. The molecule has 5 nitrogen and oxygen atoms in total. The first-order valence-corrected chi connectivity index (χ1v) is 5.77. The molecule has 0 atom stereocenters. The van der Waals surface area contributed by atoms with E-state index in [2.05, 4.69) is 29.0 Å². The molecule has 0 fully saturated rings. The van der Waals surface area contributed by atoms with E-state index in [1.807, 2.05) is 12.1 Å². The van der Waals surface area contributed by atoms with Crippen LogP contribution >= 0.6 is 0 Å². The highest BCUT2D eigenvalue weighted by atomic mass is 16.2. The largest absolute Gasteiger partial charge is 0.357 e. The van der Waals surface area contributed by atoms with Gasteiger partial charge in [-0.05, 0) is 26.0 Å². The Labute approximate surface area is 102 Å². The van der Waals surface area contributed by atoms with Crippen LogP contribution in [0.25, 0.3) is 0 Å². The number of urea groups is 1. The minimum atomic E-state index is -0.151. The first kappa shape index (κ1) is 13.3. The van der Waals surface area contributed by atoms with Gasteiger partial charge in [-0.15, -0.1) is 0 Å². The zero-order valence-electron chi connectivity index (χ0n) is 10.9. The first-order chi connectivity index (χ1) is 8.08. The van der Waals surface area contributed by atoms with Gasteiger partial charge in [-0.25, -0.2) is 9.78 Å². The average Bonchev–Trinajstić information content (AvgIpc) is 2.32. The summed E-state index contributed by atoms with van der Waals surface area (Å²) in [5.74, 6) is 0.929. The van der Waals surface area contributed by atoms with E-state index in [0.717, 1.165) is 18.9 Å². The highest BCUT2D eigenvalue weighted by molar-refractivity contribution is 5.88. The lowest BCUT2D eigenvalue weighted by Gasteiger charge is -2.20. The summed E-state index contributed by atoms with van der Waals surface area (Å²) in [4.78, 5) is 19.4. The lowest BCUT2D eigenvalue weighted by Crippen LogP contribution is -2.27. The summed E-state index contributed by atoms with van der Waals surface area (Å²) in [6, 6.07) is 3.63. The topological polar surface area (TPSA) is 48.5 Å². The van der Waals surface area contributed by atoms with Crippen molar-refractivity contribution in [2.24, 2.45) is 0 Å². The highest BCUT2D eigenvalue weighted by Gasteiger charge is 2.06. The van der Waals surface area contributed by atoms with Gasteiger partial charge < -0.3 is 15.1 Å². The predicted molar refractivity (Wildman–Crippen MR) is 70.5 cm³/mol. The summed E-state index contributed by atoms with van der Waals surface area (Å²) < 4.78 is 0. The van der Waals surface area contributed by atoms with Crippen molar-refractivity contribution in [3.05, 3.63) is 18.3 Å². The molecule has 0 aliphatic carbocycles. The fourth-order valence-electron chi connectivity index (χ4n) is 1.43. The van der Waals surface area contributed by atoms with E-state index < -0.39 is 0 Å². The number of nitrogens with one attached hydrogen (secondary N) is 1. The van der Waals surface area contributed by atoms with Crippen LogP contribution in [0, 0.1) is 0 Å². The zero-order valence-corrected chi connectivity index (χ0v) is 10.9. The zero-order chi connectivity index (χ0) is 12.8. The van der Waals surface area contributed by atoms with Crippen LogP contribution in [-0.4, -0.2) is 43.1 Å². The van der Waals surface area contributed by atoms with E-state index in [1.54, 1.807) is 20.3 Å². The summed E-state index contributed by atoms with van der Waals surface area (Å²) in [6.07, 6.45) is 1.68. The van der Waals surface area contributed by atoms with Crippen LogP contribution in [0.5, 0.6) is 0 Å². The van der Waals surface area contributed by atoms with E-state index in [0.29, 0.717) is 5.69 Å². The molecule has 5 heteroatoms. The maximum absolute atomic E-state index is 11.4. The molecule has 0 spiro atoms. The van der Waals surface area contributed by atoms with Crippen molar-refractivity contribution in [1.29, 1.82) is 0 Å². The van der Waals surface area contributed by atoms with Gasteiger partial charge in [0.1, 0.15) is 5.82 Å². The normalized spacial score (nSPS) is 9.88. The Morgan fingerprint density at radius 2 is 1.94 bits per heavy atom. The second-order valence-corrected chi connectivity index (χ2v) is 3.90. The van der Waals surface area contributed by atoms with Crippen molar-refractivity contribution in [2.45, 2.75) is 13.8 Å². The Morgan fingerprint density at radius 3 is 2.35 bits per heavy atom. The summed E-state index contributed by atoms with van der Waals surface area (Å²) in [5, 5.41) is 2.75. The Bertz CT molecular complexity index is 357. The molecule has 1 N–H and O–H groups in total. The van der Waals surface area contributed by atoms with Gasteiger partial charge in [0.15, 0.2) is 0 Å². The van der Waals surface area contributed by atoms with Crippen molar-refractivity contribution in [2.75, 3.05) is 37.4 Å². The monoisotopic (exact) mass is 236 g/mol. The van der Waals surface area contributed by atoms with Crippen LogP contribution in [0.1, 0.15) is 13.8 Å². The molecule has 0 aromatic carbocycles. The minimum absolute atomic E-state index is 0.151. The molecule has 17 heavy (non-hydrogen) atoms. The fourth-order valence-corrected chi connectivity index (χ4v) is 1.43. The highest BCUT2D eigenvalue weighted by Crippen LogP contribution is 2.13. The Morgan fingerprint density at radius 1 is 1.29 bits per heavy atom. The molecular weight excluding hydrogens is 216 g/mol. The van der Waals surface area contributed by atoms with Gasteiger partial charge in [0, 0.05) is 27.2 Å². The van der Waals surface area contributed by atoms with Crippen molar-refractivity contribution >= 4 is 17.5 Å². The van der Waals surface area contributed by atoms with Crippen LogP contribution in [0.15, 0.2) is 18.3 Å². The number of pyridine rings is 1. The molecule has 0 saturated heterocycles. The lowest BCUT2D eigenvalue weighted by atomic mass is 10.3. The second-order valence-electron chi connectivity index (χ2n) is 3.90. The number of carbonyl (C=O) groups excluding carboxylic acids is 1. The Balaban J connectivity index is 2.71. The minimum Gasteiger partial charge on any atom is -0.357 e. The molecule has 1 heterocycles. The van der Waals surface area contributed by atoms with E-state index >= 15 is 0 Å². The third-order valence-corrected chi connectivity index (χ3v) is 2.49. The van der Waals surface area contributed by atoms with Gasteiger partial charge >= 0.3 is 6.03 Å². The maximum atomic E-state index is 11.4. The third-order valence-electron chi connectivity index (χ3n) is 2.49. The number of nitrogens with zero attached hydrogens (tertiary/aromatic N) is 3. The Hall–Kier alpha value is -1.78. The predicted octanol–water partition coefficient (Wildman–Crippen LogP) is 2.02. The Kier molecular flexibility index (Phi) is 4.75. The van der Waals surface area contributed by atoms with Gasteiger partial charge in [-0.3, -0.25) is 0 Å². The maximum Gasteiger partial charge on any atom is 0.321 e. The van der Waals surface area contributed by atoms with Crippen molar-refractivity contribution in [1.82, 2.24) is 9.88 Å². The average molecular weight is 236 g/mol. The number of rotatable bonds is 4. The first-order valence-electron chi connectivity index (χ1n) is 5.77. The van der Waals surface area contributed by atoms with Crippen molar-refractivity contribution in [3.8, 4) is 0 Å². The van der Waals surface area contributed by atoms with Crippen LogP contribution in [-0.2, 0) is 0 Å². The van der Waals surface area contributed by atoms with Crippen LogP contribution in [0.4, 0.5) is 16.3 Å². The van der Waals surface area contributed by atoms with E-state index in [-0.39, 0.29) is 6.03 Å².